The first-order valence-corrected chi connectivity index (χ1v) is 6.03. The number of nitro groups is 1. The van der Waals surface area contributed by atoms with Crippen molar-refractivity contribution in [3.8, 4) is 0 Å². The van der Waals surface area contributed by atoms with Crippen molar-refractivity contribution in [1.82, 2.24) is 0 Å². The third-order valence-electron chi connectivity index (χ3n) is 3.06. The van der Waals surface area contributed by atoms with Crippen molar-refractivity contribution in [3.63, 3.8) is 0 Å². The molecule has 0 aliphatic rings. The van der Waals surface area contributed by atoms with Gasteiger partial charge in [0, 0.05) is 17.7 Å². The summed E-state index contributed by atoms with van der Waals surface area (Å²) in [5, 5.41) is 20.8. The summed E-state index contributed by atoms with van der Waals surface area (Å²) in [6, 6.07) is 12.5. The monoisotopic (exact) mass is 271 g/mol. The molecule has 1 N–H and O–H groups in total. The molecule has 0 bridgehead atoms. The zero-order chi connectivity index (χ0) is 14.7. The molecule has 1 unspecified atom stereocenters. The lowest BCUT2D eigenvalue weighted by Gasteiger charge is -2.11. The Balaban J connectivity index is 2.38. The molecule has 0 fully saturated rings. The number of rotatable bonds is 4. The lowest BCUT2D eigenvalue weighted by atomic mass is 9.96. The molecule has 0 aliphatic heterocycles. The van der Waals surface area contributed by atoms with Gasteiger partial charge in [-0.05, 0) is 18.1 Å². The molecule has 2 aromatic rings. The Morgan fingerprint density at radius 3 is 2.45 bits per heavy atom. The van der Waals surface area contributed by atoms with E-state index in [-0.39, 0.29) is 11.3 Å². The van der Waals surface area contributed by atoms with Gasteiger partial charge in [0.2, 0.25) is 0 Å². The summed E-state index contributed by atoms with van der Waals surface area (Å²) in [5.41, 5.74) is 1.05. The number of carbonyl (C=O) groups excluding carboxylic acids is 1. The zero-order valence-electron chi connectivity index (χ0n) is 10.8. The van der Waals surface area contributed by atoms with Gasteiger partial charge < -0.3 is 5.11 Å². The van der Waals surface area contributed by atoms with E-state index in [9.17, 15) is 20.0 Å². The highest BCUT2D eigenvalue weighted by molar-refractivity contribution is 6.01. The number of nitro benzene ring substituents is 1. The molecule has 0 saturated heterocycles. The van der Waals surface area contributed by atoms with Crippen molar-refractivity contribution >= 4 is 11.5 Å². The van der Waals surface area contributed by atoms with Crippen molar-refractivity contribution in [2.24, 2.45) is 0 Å². The van der Waals surface area contributed by atoms with Crippen LogP contribution in [-0.2, 0) is 0 Å². The minimum atomic E-state index is -1.32. The summed E-state index contributed by atoms with van der Waals surface area (Å²) in [5.74, 6) is -0.544. The Bertz CT molecular complexity index is 652. The lowest BCUT2D eigenvalue weighted by Crippen LogP contribution is -2.13. The van der Waals surface area contributed by atoms with Crippen LogP contribution in [0, 0.1) is 17.0 Å². The predicted octanol–water partition coefficient (Wildman–Crippen LogP) is 2.82. The molecule has 2 rings (SSSR count). The maximum absolute atomic E-state index is 12.3. The largest absolute Gasteiger partial charge is 0.380 e. The minimum Gasteiger partial charge on any atom is -0.380 e. The van der Waals surface area contributed by atoms with E-state index >= 15 is 0 Å². The molecule has 0 heterocycles. The normalized spacial score (nSPS) is 11.9. The third-order valence-corrected chi connectivity index (χ3v) is 3.06. The van der Waals surface area contributed by atoms with Crippen LogP contribution in [0.3, 0.4) is 0 Å². The summed E-state index contributed by atoms with van der Waals surface area (Å²) >= 11 is 0. The number of aryl methyl sites for hydroxylation is 1. The first kappa shape index (κ1) is 13.9. The lowest BCUT2D eigenvalue weighted by molar-refractivity contribution is -0.384. The second kappa shape index (κ2) is 5.63. The van der Waals surface area contributed by atoms with Crippen molar-refractivity contribution in [2.75, 3.05) is 0 Å². The van der Waals surface area contributed by atoms with Crippen LogP contribution in [-0.4, -0.2) is 15.8 Å². The fourth-order valence-corrected chi connectivity index (χ4v) is 1.92. The second-order valence-electron chi connectivity index (χ2n) is 4.43. The number of hydrogen-bond acceptors (Lipinski definition) is 4. The van der Waals surface area contributed by atoms with Crippen LogP contribution in [0.15, 0.2) is 48.5 Å². The molecule has 0 radical (unpaired) electrons. The second-order valence-corrected chi connectivity index (χ2v) is 4.43. The van der Waals surface area contributed by atoms with Crippen molar-refractivity contribution in [3.05, 3.63) is 75.3 Å². The van der Waals surface area contributed by atoms with Crippen molar-refractivity contribution < 1.29 is 14.8 Å². The van der Waals surface area contributed by atoms with E-state index in [2.05, 4.69) is 0 Å². The van der Waals surface area contributed by atoms with E-state index < -0.39 is 16.8 Å². The van der Waals surface area contributed by atoms with E-state index in [1.165, 1.54) is 18.2 Å². The summed E-state index contributed by atoms with van der Waals surface area (Å²) in [6.45, 7) is 1.68. The Morgan fingerprint density at radius 1 is 1.20 bits per heavy atom. The van der Waals surface area contributed by atoms with Gasteiger partial charge in [0.1, 0.15) is 6.10 Å². The zero-order valence-corrected chi connectivity index (χ0v) is 10.8. The van der Waals surface area contributed by atoms with Crippen LogP contribution in [0.2, 0.25) is 0 Å². The summed E-state index contributed by atoms with van der Waals surface area (Å²) < 4.78 is 0. The molecule has 0 aliphatic carbocycles. The van der Waals surface area contributed by atoms with E-state index in [4.69, 9.17) is 0 Å². The third kappa shape index (κ3) is 2.73. The van der Waals surface area contributed by atoms with Crippen LogP contribution in [0.5, 0.6) is 0 Å². The van der Waals surface area contributed by atoms with E-state index in [1.54, 1.807) is 37.3 Å². The summed E-state index contributed by atoms with van der Waals surface area (Å²) in [4.78, 5) is 22.5. The molecule has 102 valence electrons. The average Bonchev–Trinajstić information content (AvgIpc) is 2.47. The summed E-state index contributed by atoms with van der Waals surface area (Å²) in [6.07, 6.45) is -1.32. The number of Topliss-reactive ketones (excluding diaryl/α,β-unsaturated/α-hetero) is 1. The molecule has 1 atom stereocenters. The Labute approximate surface area is 115 Å². The van der Waals surface area contributed by atoms with Crippen LogP contribution in [0.4, 0.5) is 5.69 Å². The van der Waals surface area contributed by atoms with Gasteiger partial charge in [-0.15, -0.1) is 0 Å². The van der Waals surface area contributed by atoms with Gasteiger partial charge >= 0.3 is 0 Å². The van der Waals surface area contributed by atoms with Crippen molar-refractivity contribution in [1.29, 1.82) is 0 Å². The fourth-order valence-electron chi connectivity index (χ4n) is 1.92. The van der Waals surface area contributed by atoms with Gasteiger partial charge in [-0.2, -0.15) is 0 Å². The molecule has 0 spiro atoms. The van der Waals surface area contributed by atoms with Gasteiger partial charge in [0.25, 0.3) is 5.69 Å². The number of nitrogens with zero attached hydrogens (tertiary/aromatic N) is 1. The smallest absolute Gasteiger partial charge is 0.270 e. The summed E-state index contributed by atoms with van der Waals surface area (Å²) in [7, 11) is 0. The molecule has 0 aromatic heterocycles. The van der Waals surface area contributed by atoms with Gasteiger partial charge in [0.15, 0.2) is 5.78 Å². The predicted molar refractivity (Wildman–Crippen MR) is 73.6 cm³/mol. The number of carbonyl (C=O) groups is 1. The Hall–Kier alpha value is -2.53. The number of aliphatic hydroxyl groups excluding tert-OH is 1. The van der Waals surface area contributed by atoms with Crippen LogP contribution >= 0.6 is 0 Å². The Kier molecular flexibility index (Phi) is 3.91. The standard InChI is InChI=1S/C15H13NO4/c1-10-7-8-12(16(19)20)9-13(10)15(18)14(17)11-5-3-2-4-6-11/h2-9,14,17H,1H3. The average molecular weight is 271 g/mol. The van der Waals surface area contributed by atoms with Crippen LogP contribution < -0.4 is 0 Å². The van der Waals surface area contributed by atoms with Crippen molar-refractivity contribution in [2.45, 2.75) is 13.0 Å². The number of benzene rings is 2. The maximum Gasteiger partial charge on any atom is 0.270 e. The molecule has 2 aromatic carbocycles. The SMILES string of the molecule is Cc1ccc([N+](=O)[O-])cc1C(=O)C(O)c1ccccc1. The van der Waals surface area contributed by atoms with Gasteiger partial charge in [-0.3, -0.25) is 14.9 Å². The fraction of sp³-hybridized carbons (Fsp3) is 0.133. The molecule has 20 heavy (non-hydrogen) atoms. The van der Waals surface area contributed by atoms with E-state index in [0.29, 0.717) is 11.1 Å². The highest BCUT2D eigenvalue weighted by Gasteiger charge is 2.22. The number of aliphatic hydroxyl groups is 1. The number of hydrogen-bond donors (Lipinski definition) is 1. The molecule has 5 nitrogen and oxygen atoms in total. The quantitative estimate of drug-likeness (QED) is 0.526. The van der Waals surface area contributed by atoms with E-state index in [0.717, 1.165) is 0 Å². The highest BCUT2D eigenvalue weighted by atomic mass is 16.6. The molecule has 0 saturated carbocycles. The molecule has 5 heteroatoms. The van der Waals surface area contributed by atoms with E-state index in [1.807, 2.05) is 0 Å². The number of non-ortho nitro benzene ring substituents is 1. The van der Waals surface area contributed by atoms with Gasteiger partial charge in [-0.1, -0.05) is 36.4 Å². The maximum atomic E-state index is 12.3. The first-order valence-electron chi connectivity index (χ1n) is 6.03. The molecular formula is C15H13NO4. The van der Waals surface area contributed by atoms with Gasteiger partial charge in [-0.25, -0.2) is 0 Å². The Morgan fingerprint density at radius 2 is 1.85 bits per heavy atom. The van der Waals surface area contributed by atoms with Gasteiger partial charge in [0.05, 0.1) is 4.92 Å². The number of ketones is 1. The highest BCUT2D eigenvalue weighted by Crippen LogP contribution is 2.23. The minimum absolute atomic E-state index is 0.163. The topological polar surface area (TPSA) is 80.4 Å². The molecular weight excluding hydrogens is 258 g/mol. The molecule has 0 amide bonds. The van der Waals surface area contributed by atoms with Crippen LogP contribution in [0.25, 0.3) is 0 Å². The first-order chi connectivity index (χ1) is 9.50. The van der Waals surface area contributed by atoms with Crippen LogP contribution in [0.1, 0.15) is 27.6 Å².